The highest BCUT2D eigenvalue weighted by Crippen LogP contribution is 2.34. The van der Waals surface area contributed by atoms with E-state index in [0.717, 1.165) is 25.2 Å². The average molecular weight is 212 g/mol. The molecule has 2 bridgehead atoms. The lowest BCUT2D eigenvalue weighted by atomic mass is 9.98. The van der Waals surface area contributed by atoms with E-state index in [-0.39, 0.29) is 0 Å². The predicted octanol–water partition coefficient (Wildman–Crippen LogP) is 1.37. The molecule has 0 saturated carbocycles. The number of ether oxygens (including phenoxy) is 1. The van der Waals surface area contributed by atoms with Gasteiger partial charge >= 0.3 is 0 Å². The van der Waals surface area contributed by atoms with Gasteiger partial charge in [-0.2, -0.15) is 0 Å². The molecule has 2 heterocycles. The van der Waals surface area contributed by atoms with Gasteiger partial charge in [-0.25, -0.2) is 0 Å². The van der Waals surface area contributed by atoms with E-state index in [1.54, 1.807) is 0 Å². The van der Waals surface area contributed by atoms with Crippen molar-refractivity contribution in [2.24, 2.45) is 5.73 Å². The molecular formula is C12H24N2O. The number of hydrogen-bond donors (Lipinski definition) is 1. The van der Waals surface area contributed by atoms with E-state index in [9.17, 15) is 0 Å². The second-order valence-corrected chi connectivity index (χ2v) is 5.27. The molecule has 0 radical (unpaired) electrons. The SMILES string of the molecule is CC(C)OCCN1C2CCC1CC(N)C2. The second-order valence-electron chi connectivity index (χ2n) is 5.27. The van der Waals surface area contributed by atoms with Crippen LogP contribution in [0.2, 0.25) is 0 Å². The molecule has 15 heavy (non-hydrogen) atoms. The fourth-order valence-corrected chi connectivity index (χ4v) is 3.08. The third kappa shape index (κ3) is 2.71. The van der Waals surface area contributed by atoms with Gasteiger partial charge in [-0.3, -0.25) is 4.90 Å². The quantitative estimate of drug-likeness (QED) is 0.765. The first-order chi connectivity index (χ1) is 7.16. The van der Waals surface area contributed by atoms with Crippen molar-refractivity contribution >= 4 is 0 Å². The van der Waals surface area contributed by atoms with Crippen LogP contribution in [0.3, 0.4) is 0 Å². The lowest BCUT2D eigenvalue weighted by Crippen LogP contribution is -2.48. The molecule has 2 rings (SSSR count). The van der Waals surface area contributed by atoms with Crippen molar-refractivity contribution in [3.63, 3.8) is 0 Å². The summed E-state index contributed by atoms with van der Waals surface area (Å²) in [6.45, 7) is 6.17. The van der Waals surface area contributed by atoms with E-state index in [0.29, 0.717) is 12.1 Å². The van der Waals surface area contributed by atoms with Crippen molar-refractivity contribution in [3.8, 4) is 0 Å². The van der Waals surface area contributed by atoms with Crippen LogP contribution in [0, 0.1) is 0 Å². The number of fused-ring (bicyclic) bond motifs is 2. The van der Waals surface area contributed by atoms with Crippen LogP contribution in [-0.4, -0.2) is 42.3 Å². The fraction of sp³-hybridized carbons (Fsp3) is 1.00. The summed E-state index contributed by atoms with van der Waals surface area (Å²) in [5.74, 6) is 0. The zero-order valence-corrected chi connectivity index (χ0v) is 9.98. The molecule has 0 amide bonds. The Morgan fingerprint density at radius 1 is 1.27 bits per heavy atom. The molecule has 2 N–H and O–H groups in total. The third-order valence-corrected chi connectivity index (χ3v) is 3.72. The maximum atomic E-state index is 6.04. The minimum absolute atomic E-state index is 0.356. The van der Waals surface area contributed by atoms with E-state index in [1.165, 1.54) is 25.7 Å². The highest BCUT2D eigenvalue weighted by atomic mass is 16.5. The summed E-state index contributed by atoms with van der Waals surface area (Å²) in [5, 5.41) is 0. The van der Waals surface area contributed by atoms with Crippen molar-refractivity contribution in [2.45, 2.75) is 63.8 Å². The van der Waals surface area contributed by atoms with Crippen LogP contribution in [0.25, 0.3) is 0 Å². The standard InChI is InChI=1S/C12H24N2O/c1-9(2)15-6-5-14-11-3-4-12(14)8-10(13)7-11/h9-12H,3-8,13H2,1-2H3. The summed E-state index contributed by atoms with van der Waals surface area (Å²) >= 11 is 0. The number of nitrogens with two attached hydrogens (primary N) is 1. The summed E-state index contributed by atoms with van der Waals surface area (Å²) in [4.78, 5) is 2.63. The van der Waals surface area contributed by atoms with E-state index in [1.807, 2.05) is 0 Å². The molecular weight excluding hydrogens is 188 g/mol. The highest BCUT2D eigenvalue weighted by molar-refractivity contribution is 4.96. The van der Waals surface area contributed by atoms with Crippen LogP contribution >= 0.6 is 0 Å². The van der Waals surface area contributed by atoms with Crippen LogP contribution < -0.4 is 5.73 Å². The third-order valence-electron chi connectivity index (χ3n) is 3.72. The van der Waals surface area contributed by atoms with Gasteiger partial charge in [0.25, 0.3) is 0 Å². The second kappa shape index (κ2) is 4.81. The van der Waals surface area contributed by atoms with Crippen LogP contribution in [0.1, 0.15) is 39.5 Å². The molecule has 2 aliphatic heterocycles. The maximum Gasteiger partial charge on any atom is 0.0597 e. The Hall–Kier alpha value is -0.120. The van der Waals surface area contributed by atoms with E-state index in [2.05, 4.69) is 18.7 Å². The molecule has 0 aromatic rings. The highest BCUT2D eigenvalue weighted by Gasteiger charge is 2.38. The van der Waals surface area contributed by atoms with Crippen molar-refractivity contribution in [2.75, 3.05) is 13.2 Å². The summed E-state index contributed by atoms with van der Waals surface area (Å²) in [6.07, 6.45) is 5.44. The topological polar surface area (TPSA) is 38.5 Å². The Morgan fingerprint density at radius 2 is 1.87 bits per heavy atom. The minimum atomic E-state index is 0.356. The van der Waals surface area contributed by atoms with Crippen LogP contribution in [0.5, 0.6) is 0 Å². The van der Waals surface area contributed by atoms with Crippen LogP contribution in [0.4, 0.5) is 0 Å². The first-order valence-electron chi connectivity index (χ1n) is 6.29. The Bertz CT molecular complexity index is 194. The van der Waals surface area contributed by atoms with Gasteiger partial charge in [0.05, 0.1) is 12.7 Å². The zero-order chi connectivity index (χ0) is 10.8. The lowest BCUT2D eigenvalue weighted by Gasteiger charge is -2.37. The van der Waals surface area contributed by atoms with Gasteiger partial charge in [-0.15, -0.1) is 0 Å². The van der Waals surface area contributed by atoms with Gasteiger partial charge in [0.1, 0.15) is 0 Å². The van der Waals surface area contributed by atoms with Crippen LogP contribution in [0.15, 0.2) is 0 Å². The predicted molar refractivity (Wildman–Crippen MR) is 61.8 cm³/mol. The minimum Gasteiger partial charge on any atom is -0.377 e. The molecule has 3 nitrogen and oxygen atoms in total. The summed E-state index contributed by atoms with van der Waals surface area (Å²) in [6, 6.07) is 1.94. The Morgan fingerprint density at radius 3 is 2.40 bits per heavy atom. The smallest absolute Gasteiger partial charge is 0.0597 e. The largest absolute Gasteiger partial charge is 0.377 e. The fourth-order valence-electron chi connectivity index (χ4n) is 3.08. The summed E-state index contributed by atoms with van der Waals surface area (Å²) in [7, 11) is 0. The molecule has 2 unspecified atom stereocenters. The molecule has 0 aromatic carbocycles. The van der Waals surface area contributed by atoms with Crippen molar-refractivity contribution < 1.29 is 4.74 Å². The monoisotopic (exact) mass is 212 g/mol. The number of nitrogens with zero attached hydrogens (tertiary/aromatic N) is 1. The Balaban J connectivity index is 1.78. The molecule has 2 saturated heterocycles. The van der Waals surface area contributed by atoms with E-state index >= 15 is 0 Å². The molecule has 0 aromatic heterocycles. The van der Waals surface area contributed by atoms with Gasteiger partial charge < -0.3 is 10.5 Å². The maximum absolute atomic E-state index is 6.04. The van der Waals surface area contributed by atoms with Gasteiger partial charge in [-0.05, 0) is 39.5 Å². The van der Waals surface area contributed by atoms with Crippen LogP contribution in [-0.2, 0) is 4.74 Å². The summed E-state index contributed by atoms with van der Waals surface area (Å²) in [5.41, 5.74) is 6.04. The first-order valence-corrected chi connectivity index (χ1v) is 6.29. The van der Waals surface area contributed by atoms with Crippen molar-refractivity contribution in [1.29, 1.82) is 0 Å². The summed E-state index contributed by atoms with van der Waals surface area (Å²) < 4.78 is 5.62. The van der Waals surface area contributed by atoms with Gasteiger partial charge in [0.15, 0.2) is 0 Å². The normalized spacial score (nSPS) is 36.4. The van der Waals surface area contributed by atoms with E-state index < -0.39 is 0 Å². The Labute approximate surface area is 93.0 Å². The molecule has 3 heteroatoms. The Kier molecular flexibility index (Phi) is 3.65. The average Bonchev–Trinajstić information content (AvgIpc) is 2.42. The number of rotatable bonds is 4. The number of hydrogen-bond acceptors (Lipinski definition) is 3. The van der Waals surface area contributed by atoms with Gasteiger partial charge in [-0.1, -0.05) is 0 Å². The molecule has 2 fully saturated rings. The van der Waals surface area contributed by atoms with Crippen molar-refractivity contribution in [3.05, 3.63) is 0 Å². The molecule has 2 atom stereocenters. The molecule has 2 aliphatic rings. The lowest BCUT2D eigenvalue weighted by molar-refractivity contribution is 0.0346. The van der Waals surface area contributed by atoms with Gasteiger partial charge in [0.2, 0.25) is 0 Å². The molecule has 0 spiro atoms. The number of piperidine rings is 1. The first kappa shape index (κ1) is 11.4. The van der Waals surface area contributed by atoms with E-state index in [4.69, 9.17) is 10.5 Å². The molecule has 88 valence electrons. The molecule has 0 aliphatic carbocycles. The van der Waals surface area contributed by atoms with Gasteiger partial charge in [0, 0.05) is 24.7 Å². The van der Waals surface area contributed by atoms with Crippen molar-refractivity contribution in [1.82, 2.24) is 4.90 Å². The zero-order valence-electron chi connectivity index (χ0n) is 9.98.